The topological polar surface area (TPSA) is 70.3 Å². The minimum atomic E-state index is -0.875. The largest absolute Gasteiger partial charge is 0.481 e. The van der Waals surface area contributed by atoms with Gasteiger partial charge in [0.2, 0.25) is 0 Å². The van der Waals surface area contributed by atoms with Gasteiger partial charge >= 0.3 is 5.97 Å². The van der Waals surface area contributed by atoms with E-state index in [-0.39, 0.29) is 0 Å². The van der Waals surface area contributed by atoms with Gasteiger partial charge in [-0.1, -0.05) is 12.1 Å². The summed E-state index contributed by atoms with van der Waals surface area (Å²) in [6.45, 7) is 1.63. The van der Waals surface area contributed by atoms with E-state index in [2.05, 4.69) is 0 Å². The number of hydrogen-bond acceptors (Lipinski definition) is 3. The van der Waals surface area contributed by atoms with Crippen LogP contribution in [0.25, 0.3) is 0 Å². The summed E-state index contributed by atoms with van der Waals surface area (Å²) in [6.07, 6.45) is 0. The van der Waals surface area contributed by atoms with Crippen molar-refractivity contribution < 1.29 is 14.6 Å². The first-order chi connectivity index (χ1) is 9.60. The molecule has 0 aliphatic heterocycles. The van der Waals surface area contributed by atoms with Crippen molar-refractivity contribution in [1.29, 1.82) is 5.26 Å². The Bertz CT molecular complexity index is 656. The van der Waals surface area contributed by atoms with Gasteiger partial charge in [-0.25, -0.2) is 0 Å². The van der Waals surface area contributed by atoms with Crippen molar-refractivity contribution in [3.8, 4) is 17.6 Å². The van der Waals surface area contributed by atoms with Crippen LogP contribution in [0.4, 0.5) is 0 Å². The summed E-state index contributed by atoms with van der Waals surface area (Å²) >= 11 is 0. The maximum absolute atomic E-state index is 11.0. The summed E-state index contributed by atoms with van der Waals surface area (Å²) in [7, 11) is 0. The maximum Gasteiger partial charge on any atom is 0.310 e. The Morgan fingerprint density at radius 3 is 2.50 bits per heavy atom. The minimum Gasteiger partial charge on any atom is -0.481 e. The third-order valence-electron chi connectivity index (χ3n) is 2.95. The Morgan fingerprint density at radius 2 is 1.90 bits per heavy atom. The number of hydrogen-bond donors (Lipinski definition) is 1. The molecule has 0 aliphatic rings. The molecule has 1 atom stereocenters. The summed E-state index contributed by atoms with van der Waals surface area (Å²) < 4.78 is 5.65. The van der Waals surface area contributed by atoms with E-state index in [4.69, 9.17) is 15.1 Å². The molecule has 0 spiro atoms. The van der Waals surface area contributed by atoms with Gasteiger partial charge in [0.25, 0.3) is 0 Å². The van der Waals surface area contributed by atoms with E-state index in [0.29, 0.717) is 22.6 Å². The van der Waals surface area contributed by atoms with E-state index in [9.17, 15) is 4.79 Å². The fraction of sp³-hybridized carbons (Fsp3) is 0.125. The first kappa shape index (κ1) is 13.6. The Hall–Kier alpha value is -2.80. The molecule has 2 aromatic carbocycles. The molecular weight excluding hydrogens is 254 g/mol. The normalized spacial score (nSPS) is 11.4. The molecule has 20 heavy (non-hydrogen) atoms. The Kier molecular flexibility index (Phi) is 4.02. The maximum atomic E-state index is 11.0. The van der Waals surface area contributed by atoms with Crippen LogP contribution in [0.2, 0.25) is 0 Å². The van der Waals surface area contributed by atoms with Crippen LogP contribution in [-0.4, -0.2) is 11.1 Å². The van der Waals surface area contributed by atoms with Gasteiger partial charge < -0.3 is 9.84 Å². The molecule has 0 aliphatic carbocycles. The van der Waals surface area contributed by atoms with E-state index in [1.54, 1.807) is 55.5 Å². The second-order valence-electron chi connectivity index (χ2n) is 4.37. The molecule has 0 fully saturated rings. The molecule has 1 N–H and O–H groups in total. The Balaban J connectivity index is 2.19. The van der Waals surface area contributed by atoms with E-state index >= 15 is 0 Å². The molecular formula is C16H13NO3. The molecule has 0 saturated carbocycles. The zero-order chi connectivity index (χ0) is 14.5. The van der Waals surface area contributed by atoms with Crippen LogP contribution in [0.3, 0.4) is 0 Å². The number of nitriles is 1. The third-order valence-corrected chi connectivity index (χ3v) is 2.95. The highest BCUT2D eigenvalue weighted by atomic mass is 16.5. The zero-order valence-electron chi connectivity index (χ0n) is 10.9. The van der Waals surface area contributed by atoms with Gasteiger partial charge in [-0.15, -0.1) is 0 Å². The van der Waals surface area contributed by atoms with Crippen LogP contribution in [0.5, 0.6) is 11.5 Å². The molecule has 0 saturated heterocycles. The van der Waals surface area contributed by atoms with Crippen molar-refractivity contribution in [1.82, 2.24) is 0 Å². The number of carboxylic acids is 1. The lowest BCUT2D eigenvalue weighted by molar-refractivity contribution is -0.138. The van der Waals surface area contributed by atoms with Gasteiger partial charge in [-0.2, -0.15) is 5.26 Å². The lowest BCUT2D eigenvalue weighted by Gasteiger charge is -2.10. The number of ether oxygens (including phenoxy) is 1. The first-order valence-electron chi connectivity index (χ1n) is 6.11. The van der Waals surface area contributed by atoms with Crippen molar-refractivity contribution in [2.75, 3.05) is 0 Å². The van der Waals surface area contributed by atoms with Crippen molar-refractivity contribution in [3.05, 3.63) is 59.7 Å². The summed E-state index contributed by atoms with van der Waals surface area (Å²) in [5.41, 5.74) is 1.24. The second-order valence-corrected chi connectivity index (χ2v) is 4.37. The number of carbonyl (C=O) groups is 1. The molecule has 2 aromatic rings. The van der Waals surface area contributed by atoms with E-state index < -0.39 is 11.9 Å². The first-order valence-corrected chi connectivity index (χ1v) is 6.11. The predicted octanol–water partition coefficient (Wildman–Crippen LogP) is 3.54. The number of aliphatic carboxylic acids is 1. The van der Waals surface area contributed by atoms with Gasteiger partial charge in [0, 0.05) is 0 Å². The lowest BCUT2D eigenvalue weighted by Crippen LogP contribution is -2.07. The van der Waals surface area contributed by atoms with Gasteiger partial charge in [0.15, 0.2) is 0 Å². The van der Waals surface area contributed by atoms with Crippen LogP contribution in [0.1, 0.15) is 24.0 Å². The van der Waals surface area contributed by atoms with Crippen LogP contribution in [-0.2, 0) is 4.79 Å². The van der Waals surface area contributed by atoms with Crippen molar-refractivity contribution in [3.63, 3.8) is 0 Å². The third kappa shape index (κ3) is 3.15. The summed E-state index contributed by atoms with van der Waals surface area (Å²) in [5.74, 6) is -0.288. The molecule has 4 nitrogen and oxygen atoms in total. The molecule has 0 radical (unpaired) electrons. The SMILES string of the molecule is CC(C(=O)O)c1cccc(Oc2ccc(C#N)cc2)c1. The van der Waals surface area contributed by atoms with Crippen molar-refractivity contribution in [2.24, 2.45) is 0 Å². The van der Waals surface area contributed by atoms with Gasteiger partial charge in [0.1, 0.15) is 11.5 Å². The molecule has 100 valence electrons. The summed E-state index contributed by atoms with van der Waals surface area (Å²) in [6, 6.07) is 15.7. The highest BCUT2D eigenvalue weighted by Crippen LogP contribution is 2.25. The molecule has 0 bridgehead atoms. The van der Waals surface area contributed by atoms with Crippen molar-refractivity contribution >= 4 is 5.97 Å². The smallest absolute Gasteiger partial charge is 0.310 e. The van der Waals surface area contributed by atoms with Crippen LogP contribution < -0.4 is 4.74 Å². The van der Waals surface area contributed by atoms with E-state index in [1.807, 2.05) is 6.07 Å². The minimum absolute atomic E-state index is 0.561. The molecule has 2 rings (SSSR count). The quantitative estimate of drug-likeness (QED) is 0.919. The van der Waals surface area contributed by atoms with Crippen LogP contribution in [0, 0.1) is 11.3 Å². The molecule has 0 heterocycles. The van der Waals surface area contributed by atoms with Gasteiger partial charge in [-0.05, 0) is 48.9 Å². The monoisotopic (exact) mass is 267 g/mol. The van der Waals surface area contributed by atoms with E-state index in [1.165, 1.54) is 0 Å². The summed E-state index contributed by atoms with van der Waals surface area (Å²) in [5, 5.41) is 17.7. The van der Waals surface area contributed by atoms with Crippen LogP contribution >= 0.6 is 0 Å². The molecule has 0 amide bonds. The fourth-order valence-electron chi connectivity index (χ4n) is 1.72. The average Bonchev–Trinajstić information content (AvgIpc) is 2.47. The molecule has 0 aromatic heterocycles. The fourth-order valence-corrected chi connectivity index (χ4v) is 1.72. The van der Waals surface area contributed by atoms with Gasteiger partial charge in [0.05, 0.1) is 17.6 Å². The number of rotatable bonds is 4. The van der Waals surface area contributed by atoms with Crippen molar-refractivity contribution in [2.45, 2.75) is 12.8 Å². The average molecular weight is 267 g/mol. The Labute approximate surface area is 116 Å². The number of nitrogens with zero attached hydrogens (tertiary/aromatic N) is 1. The standard InChI is InChI=1S/C16H13NO3/c1-11(16(18)19)13-3-2-4-15(9-13)20-14-7-5-12(10-17)6-8-14/h2-9,11H,1H3,(H,18,19). The highest BCUT2D eigenvalue weighted by molar-refractivity contribution is 5.75. The molecule has 1 unspecified atom stereocenters. The highest BCUT2D eigenvalue weighted by Gasteiger charge is 2.14. The predicted molar refractivity (Wildman–Crippen MR) is 73.7 cm³/mol. The summed E-state index contributed by atoms with van der Waals surface area (Å²) in [4.78, 5) is 11.0. The van der Waals surface area contributed by atoms with E-state index in [0.717, 1.165) is 0 Å². The lowest BCUT2D eigenvalue weighted by atomic mass is 10.0. The second kappa shape index (κ2) is 5.89. The number of carboxylic acid groups (broad SMARTS) is 1. The zero-order valence-corrected chi connectivity index (χ0v) is 10.9. The molecule has 4 heteroatoms. The number of benzene rings is 2. The Morgan fingerprint density at radius 1 is 1.20 bits per heavy atom. The van der Waals surface area contributed by atoms with Gasteiger partial charge in [-0.3, -0.25) is 4.79 Å². The van der Waals surface area contributed by atoms with Crippen LogP contribution in [0.15, 0.2) is 48.5 Å².